The molecule has 1 amide bonds. The third-order valence-corrected chi connectivity index (χ3v) is 4.38. The topological polar surface area (TPSA) is 83.8 Å². The molecule has 6 heteroatoms. The van der Waals surface area contributed by atoms with Crippen LogP contribution in [0.3, 0.4) is 0 Å². The maximum absolute atomic E-state index is 12.4. The summed E-state index contributed by atoms with van der Waals surface area (Å²) in [5, 5.41) is 12.0. The number of nitrogens with one attached hydrogen (secondary N) is 2. The molecule has 0 radical (unpaired) electrons. The Kier molecular flexibility index (Phi) is 4.67. The van der Waals surface area contributed by atoms with Crippen LogP contribution in [-0.4, -0.2) is 16.1 Å². The lowest BCUT2D eigenvalue weighted by Crippen LogP contribution is -2.32. The summed E-state index contributed by atoms with van der Waals surface area (Å²) in [5.74, 6) is 0.261. The number of H-pyrrole nitrogens is 1. The van der Waals surface area contributed by atoms with Crippen LogP contribution in [0.15, 0.2) is 17.5 Å². The first-order valence-electron chi connectivity index (χ1n) is 7.09. The van der Waals surface area contributed by atoms with E-state index in [9.17, 15) is 4.79 Å². The largest absolute Gasteiger partial charge is 0.395 e. The van der Waals surface area contributed by atoms with Crippen LogP contribution in [0.25, 0.3) is 0 Å². The summed E-state index contributed by atoms with van der Waals surface area (Å²) in [5.41, 5.74) is 7.55. The van der Waals surface area contributed by atoms with E-state index < -0.39 is 0 Å². The Morgan fingerprint density at radius 2 is 2.10 bits per heavy atom. The Bertz CT molecular complexity index is 601. The molecule has 5 nitrogen and oxygen atoms in total. The molecule has 0 aliphatic rings. The van der Waals surface area contributed by atoms with Gasteiger partial charge in [-0.15, -0.1) is 11.3 Å². The highest BCUT2D eigenvalue weighted by Gasteiger charge is 2.24. The van der Waals surface area contributed by atoms with Crippen molar-refractivity contribution in [3.8, 4) is 0 Å². The smallest absolute Gasteiger partial charge is 0.274 e. The average Bonchev–Trinajstić information content (AvgIpc) is 3.04. The molecule has 2 aromatic heterocycles. The van der Waals surface area contributed by atoms with Gasteiger partial charge in [0.25, 0.3) is 5.91 Å². The van der Waals surface area contributed by atoms with Gasteiger partial charge in [0.2, 0.25) is 0 Å². The summed E-state index contributed by atoms with van der Waals surface area (Å²) >= 11 is 1.64. The number of nitrogens with two attached hydrogens (primary N) is 1. The van der Waals surface area contributed by atoms with E-state index >= 15 is 0 Å². The second-order valence-electron chi connectivity index (χ2n) is 5.76. The molecule has 1 unspecified atom stereocenters. The van der Waals surface area contributed by atoms with Crippen molar-refractivity contribution >= 4 is 22.9 Å². The van der Waals surface area contributed by atoms with E-state index in [4.69, 9.17) is 5.73 Å². The highest BCUT2D eigenvalue weighted by atomic mass is 32.1. The van der Waals surface area contributed by atoms with Crippen LogP contribution >= 0.6 is 11.3 Å². The minimum atomic E-state index is -0.234. The molecule has 0 saturated heterocycles. The average molecular weight is 306 g/mol. The van der Waals surface area contributed by atoms with Gasteiger partial charge in [0.1, 0.15) is 0 Å². The molecule has 4 N–H and O–H groups in total. The van der Waals surface area contributed by atoms with E-state index in [2.05, 4.69) is 29.4 Å². The van der Waals surface area contributed by atoms with Gasteiger partial charge in [-0.1, -0.05) is 33.8 Å². The summed E-state index contributed by atoms with van der Waals surface area (Å²) in [6.45, 7) is 8.18. The quantitative estimate of drug-likeness (QED) is 0.792. The van der Waals surface area contributed by atoms with Gasteiger partial charge < -0.3 is 11.1 Å². The van der Waals surface area contributed by atoms with Crippen molar-refractivity contribution in [2.75, 3.05) is 5.73 Å². The Morgan fingerprint density at radius 3 is 2.57 bits per heavy atom. The van der Waals surface area contributed by atoms with Gasteiger partial charge in [0.15, 0.2) is 5.69 Å². The van der Waals surface area contributed by atoms with Gasteiger partial charge in [-0.2, -0.15) is 5.10 Å². The number of thiophene rings is 1. The van der Waals surface area contributed by atoms with Gasteiger partial charge in [-0.25, -0.2) is 0 Å². The van der Waals surface area contributed by atoms with Crippen molar-refractivity contribution in [1.82, 2.24) is 15.5 Å². The fraction of sp³-hybridized carbons (Fsp3) is 0.467. The van der Waals surface area contributed by atoms with Crippen molar-refractivity contribution < 1.29 is 4.79 Å². The molecular weight excluding hydrogens is 284 g/mol. The zero-order chi connectivity index (χ0) is 15.6. The van der Waals surface area contributed by atoms with Crippen molar-refractivity contribution in [2.45, 2.75) is 39.7 Å². The van der Waals surface area contributed by atoms with Crippen LogP contribution in [0.2, 0.25) is 0 Å². The molecule has 0 saturated carbocycles. The number of anilines is 1. The zero-order valence-corrected chi connectivity index (χ0v) is 13.6. The minimum Gasteiger partial charge on any atom is -0.395 e. The molecule has 0 aliphatic carbocycles. The Balaban J connectivity index is 2.20. The fourth-order valence-electron chi connectivity index (χ4n) is 2.22. The molecule has 0 spiro atoms. The normalized spacial score (nSPS) is 12.9. The summed E-state index contributed by atoms with van der Waals surface area (Å²) in [6, 6.07) is 3.99. The summed E-state index contributed by atoms with van der Waals surface area (Å²) in [7, 11) is 0. The van der Waals surface area contributed by atoms with Gasteiger partial charge in [-0.3, -0.25) is 9.89 Å². The lowest BCUT2D eigenvalue weighted by atomic mass is 10.0. The number of rotatable bonds is 5. The van der Waals surface area contributed by atoms with Crippen molar-refractivity contribution in [1.29, 1.82) is 0 Å². The molecule has 114 valence electrons. The lowest BCUT2D eigenvalue weighted by Gasteiger charge is -2.20. The molecule has 21 heavy (non-hydrogen) atoms. The van der Waals surface area contributed by atoms with E-state index in [0.29, 0.717) is 5.69 Å². The number of nitrogen functional groups attached to an aromatic ring is 1. The number of hydrogen-bond acceptors (Lipinski definition) is 4. The van der Waals surface area contributed by atoms with Crippen molar-refractivity contribution in [3.05, 3.63) is 33.8 Å². The number of carbonyl (C=O) groups is 1. The van der Waals surface area contributed by atoms with E-state index in [1.807, 2.05) is 31.4 Å². The highest BCUT2D eigenvalue weighted by Crippen LogP contribution is 2.27. The monoisotopic (exact) mass is 306 g/mol. The first kappa shape index (κ1) is 15.6. The van der Waals surface area contributed by atoms with Crippen LogP contribution in [0, 0.1) is 5.92 Å². The maximum atomic E-state index is 12.4. The lowest BCUT2D eigenvalue weighted by molar-refractivity contribution is 0.0922. The predicted molar refractivity (Wildman–Crippen MR) is 86.5 cm³/mol. The van der Waals surface area contributed by atoms with Crippen LogP contribution in [0.5, 0.6) is 0 Å². The van der Waals surface area contributed by atoms with E-state index in [0.717, 1.165) is 10.6 Å². The maximum Gasteiger partial charge on any atom is 0.274 e. The minimum absolute atomic E-state index is 0.0314. The van der Waals surface area contributed by atoms with E-state index in [1.165, 1.54) is 0 Å². The molecule has 2 aromatic rings. The summed E-state index contributed by atoms with van der Waals surface area (Å²) < 4.78 is 0. The SMILES string of the molecule is CC(C)c1[nH]nc(C(=O)NC(c2cccs2)C(C)C)c1N. The Hall–Kier alpha value is -1.82. The third-order valence-electron chi connectivity index (χ3n) is 3.43. The first-order valence-corrected chi connectivity index (χ1v) is 7.97. The molecule has 2 heterocycles. The number of nitrogens with zero attached hydrogens (tertiary/aromatic N) is 1. The van der Waals surface area contributed by atoms with Gasteiger partial charge in [0, 0.05) is 4.88 Å². The number of aromatic nitrogens is 2. The van der Waals surface area contributed by atoms with Crippen LogP contribution in [-0.2, 0) is 0 Å². The van der Waals surface area contributed by atoms with Crippen LogP contribution < -0.4 is 11.1 Å². The number of aromatic amines is 1. The first-order chi connectivity index (χ1) is 9.91. The van der Waals surface area contributed by atoms with Gasteiger partial charge in [0.05, 0.1) is 17.4 Å². The van der Waals surface area contributed by atoms with Crippen LogP contribution in [0.1, 0.15) is 60.7 Å². The third kappa shape index (κ3) is 3.26. The highest BCUT2D eigenvalue weighted by molar-refractivity contribution is 7.10. The Labute approximate surface area is 128 Å². The van der Waals surface area contributed by atoms with E-state index in [1.54, 1.807) is 11.3 Å². The molecule has 0 aliphatic heterocycles. The summed E-state index contributed by atoms with van der Waals surface area (Å²) in [4.78, 5) is 13.6. The van der Waals surface area contributed by atoms with Gasteiger partial charge in [-0.05, 0) is 23.3 Å². The Morgan fingerprint density at radius 1 is 1.38 bits per heavy atom. The van der Waals surface area contributed by atoms with E-state index in [-0.39, 0.29) is 29.5 Å². The van der Waals surface area contributed by atoms with Crippen molar-refractivity contribution in [3.63, 3.8) is 0 Å². The fourth-order valence-corrected chi connectivity index (χ4v) is 3.17. The molecule has 0 aromatic carbocycles. The molecule has 0 bridgehead atoms. The molecule has 2 rings (SSSR count). The van der Waals surface area contributed by atoms with Crippen molar-refractivity contribution in [2.24, 2.45) is 5.92 Å². The number of hydrogen-bond donors (Lipinski definition) is 3. The second kappa shape index (κ2) is 6.30. The zero-order valence-electron chi connectivity index (χ0n) is 12.8. The molecular formula is C15H22N4OS. The van der Waals surface area contributed by atoms with Crippen LogP contribution in [0.4, 0.5) is 5.69 Å². The predicted octanol–water partition coefficient (Wildman–Crippen LogP) is 3.30. The number of carbonyl (C=O) groups excluding carboxylic acids is 1. The molecule has 1 atom stereocenters. The second-order valence-corrected chi connectivity index (χ2v) is 6.74. The van der Waals surface area contributed by atoms with Gasteiger partial charge >= 0.3 is 0 Å². The summed E-state index contributed by atoms with van der Waals surface area (Å²) in [6.07, 6.45) is 0. The standard InChI is InChI=1S/C15H22N4OS/c1-8(2)12(10-6-5-7-21-10)17-15(20)14-11(16)13(9(3)4)18-19-14/h5-9,12H,16H2,1-4H3,(H,17,20)(H,18,19). The molecule has 0 fully saturated rings. The number of amides is 1.